The first-order chi connectivity index (χ1) is 11.7. The van der Waals surface area contributed by atoms with Gasteiger partial charge in [-0.3, -0.25) is 4.79 Å². The average Bonchev–Trinajstić information content (AvgIpc) is 3.06. The molecule has 1 N–H and O–H groups in total. The highest BCUT2D eigenvalue weighted by Crippen LogP contribution is 2.16. The summed E-state index contributed by atoms with van der Waals surface area (Å²) < 4.78 is 1.76. The van der Waals surface area contributed by atoms with E-state index in [4.69, 9.17) is 0 Å². The van der Waals surface area contributed by atoms with Crippen LogP contribution in [0.5, 0.6) is 0 Å². The normalized spacial score (nSPS) is 10.3. The molecule has 7 heteroatoms. The number of carbonyl (C=O) groups excluding carboxylic acids is 1. The molecule has 0 bridgehead atoms. The van der Waals surface area contributed by atoms with Crippen molar-refractivity contribution in [1.29, 1.82) is 0 Å². The third kappa shape index (κ3) is 3.89. The molecule has 7 nitrogen and oxygen atoms in total. The zero-order valence-electron chi connectivity index (χ0n) is 12.8. The fourth-order valence-electron chi connectivity index (χ4n) is 2.26. The van der Waals surface area contributed by atoms with Gasteiger partial charge in [-0.2, -0.15) is 4.91 Å². The van der Waals surface area contributed by atoms with Crippen molar-refractivity contribution < 1.29 is 4.79 Å². The maximum absolute atomic E-state index is 11.3. The average molecular weight is 321 g/mol. The maximum atomic E-state index is 11.3. The fourth-order valence-corrected chi connectivity index (χ4v) is 2.26. The number of nitroso groups, excluding NO2 is 1. The van der Waals surface area contributed by atoms with Gasteiger partial charge in [-0.15, -0.1) is 5.10 Å². The summed E-state index contributed by atoms with van der Waals surface area (Å²) in [6.07, 6.45) is 1.89. The van der Waals surface area contributed by atoms with Crippen molar-refractivity contribution in [2.75, 3.05) is 11.9 Å². The zero-order chi connectivity index (χ0) is 16.8. The minimum Gasteiger partial charge on any atom is -0.324 e. The molecule has 0 unspecified atom stereocenters. The Morgan fingerprint density at radius 2 is 1.83 bits per heavy atom. The molecule has 120 valence electrons. The summed E-state index contributed by atoms with van der Waals surface area (Å²) in [4.78, 5) is 21.3. The topological polar surface area (TPSA) is 89.2 Å². The lowest BCUT2D eigenvalue weighted by atomic mass is 10.2. The van der Waals surface area contributed by atoms with E-state index >= 15 is 0 Å². The summed E-state index contributed by atoms with van der Waals surface area (Å²) in [5.74, 6) is -0.429. The molecule has 1 aromatic heterocycles. The molecule has 0 atom stereocenters. The highest BCUT2D eigenvalue weighted by molar-refractivity contribution is 5.92. The Morgan fingerprint density at radius 3 is 2.54 bits per heavy atom. The molecule has 0 saturated carbocycles. The van der Waals surface area contributed by atoms with Gasteiger partial charge in [-0.25, -0.2) is 4.68 Å². The number of hydrogen-bond donors (Lipinski definition) is 1. The highest BCUT2D eigenvalue weighted by atomic mass is 16.3. The van der Waals surface area contributed by atoms with Crippen LogP contribution in [0.15, 0.2) is 66.0 Å². The Bertz CT molecular complexity index is 828. The van der Waals surface area contributed by atoms with Gasteiger partial charge in [0, 0.05) is 11.3 Å². The Hall–Kier alpha value is -3.35. The standard InChI is InChI=1S/C17H15N5O2/c23-17(10-18-24)19-15-8-6-13(7-9-15)11-22-12-16(20-21-22)14-4-2-1-3-5-14/h1-9,12H,10-11H2,(H,19,23). The number of rotatable bonds is 6. The second kappa shape index (κ2) is 7.28. The van der Waals surface area contributed by atoms with Gasteiger partial charge in [0.05, 0.1) is 12.7 Å². The Labute approximate surface area is 138 Å². The monoisotopic (exact) mass is 321 g/mol. The molecule has 0 fully saturated rings. The van der Waals surface area contributed by atoms with Gasteiger partial charge >= 0.3 is 0 Å². The van der Waals surface area contributed by atoms with Crippen LogP contribution in [0.2, 0.25) is 0 Å². The van der Waals surface area contributed by atoms with E-state index in [-0.39, 0.29) is 6.54 Å². The number of benzene rings is 2. The van der Waals surface area contributed by atoms with Crippen LogP contribution in [-0.2, 0) is 11.3 Å². The molecule has 0 aliphatic heterocycles. The number of nitrogens with zero attached hydrogens (tertiary/aromatic N) is 4. The second-order valence-electron chi connectivity index (χ2n) is 5.20. The van der Waals surface area contributed by atoms with E-state index in [2.05, 4.69) is 20.8 Å². The van der Waals surface area contributed by atoms with Crippen molar-refractivity contribution in [3.8, 4) is 11.3 Å². The molecular formula is C17H15N5O2. The van der Waals surface area contributed by atoms with E-state index in [1.807, 2.05) is 48.7 Å². The van der Waals surface area contributed by atoms with Crippen molar-refractivity contribution in [1.82, 2.24) is 15.0 Å². The first-order valence-corrected chi connectivity index (χ1v) is 7.38. The molecule has 1 heterocycles. The molecule has 1 amide bonds. The third-order valence-electron chi connectivity index (χ3n) is 3.40. The number of hydrogen-bond acceptors (Lipinski definition) is 5. The van der Waals surface area contributed by atoms with Crippen LogP contribution in [0.1, 0.15) is 5.56 Å². The van der Waals surface area contributed by atoms with Crippen LogP contribution in [0.3, 0.4) is 0 Å². The zero-order valence-corrected chi connectivity index (χ0v) is 12.8. The molecular weight excluding hydrogens is 306 g/mol. The minimum atomic E-state index is -0.429. The fraction of sp³-hybridized carbons (Fsp3) is 0.118. The molecule has 24 heavy (non-hydrogen) atoms. The quantitative estimate of drug-likeness (QED) is 0.707. The van der Waals surface area contributed by atoms with Crippen LogP contribution in [0.25, 0.3) is 11.3 Å². The number of anilines is 1. The second-order valence-corrected chi connectivity index (χ2v) is 5.20. The smallest absolute Gasteiger partial charge is 0.249 e. The summed E-state index contributed by atoms with van der Waals surface area (Å²) in [7, 11) is 0. The SMILES string of the molecule is O=NCC(=O)Nc1ccc(Cn2cc(-c3ccccc3)nn2)cc1. The van der Waals surface area contributed by atoms with E-state index in [9.17, 15) is 9.70 Å². The molecule has 0 saturated heterocycles. The van der Waals surface area contributed by atoms with Gasteiger partial charge in [0.15, 0.2) is 6.54 Å². The van der Waals surface area contributed by atoms with Crippen LogP contribution in [-0.4, -0.2) is 27.4 Å². The van der Waals surface area contributed by atoms with Crippen LogP contribution < -0.4 is 5.32 Å². The predicted octanol–water partition coefficient (Wildman–Crippen LogP) is 2.70. The van der Waals surface area contributed by atoms with Crippen LogP contribution in [0, 0.1) is 4.91 Å². The largest absolute Gasteiger partial charge is 0.324 e. The van der Waals surface area contributed by atoms with Crippen molar-refractivity contribution >= 4 is 11.6 Å². The maximum Gasteiger partial charge on any atom is 0.249 e. The Kier molecular flexibility index (Phi) is 4.71. The summed E-state index contributed by atoms with van der Waals surface area (Å²) in [6, 6.07) is 17.2. The number of carbonyl (C=O) groups is 1. The van der Waals surface area contributed by atoms with Gasteiger partial charge in [0.1, 0.15) is 5.69 Å². The van der Waals surface area contributed by atoms with E-state index < -0.39 is 5.91 Å². The number of amides is 1. The van der Waals surface area contributed by atoms with Gasteiger partial charge in [-0.05, 0) is 17.7 Å². The predicted molar refractivity (Wildman–Crippen MR) is 90.3 cm³/mol. The van der Waals surface area contributed by atoms with Crippen molar-refractivity contribution in [3.63, 3.8) is 0 Å². The molecule has 3 aromatic rings. The lowest BCUT2D eigenvalue weighted by Gasteiger charge is -2.05. The van der Waals surface area contributed by atoms with E-state index in [0.717, 1.165) is 16.8 Å². The van der Waals surface area contributed by atoms with Crippen molar-refractivity contribution in [2.45, 2.75) is 6.54 Å². The van der Waals surface area contributed by atoms with Crippen molar-refractivity contribution in [3.05, 3.63) is 71.3 Å². The van der Waals surface area contributed by atoms with E-state index in [1.165, 1.54) is 0 Å². The van der Waals surface area contributed by atoms with Crippen LogP contribution >= 0.6 is 0 Å². The van der Waals surface area contributed by atoms with E-state index in [1.54, 1.807) is 16.8 Å². The summed E-state index contributed by atoms with van der Waals surface area (Å²) in [5.41, 5.74) is 3.48. The summed E-state index contributed by atoms with van der Waals surface area (Å²) in [5, 5.41) is 13.5. The summed E-state index contributed by atoms with van der Waals surface area (Å²) >= 11 is 0. The first kappa shape index (κ1) is 15.5. The van der Waals surface area contributed by atoms with E-state index in [0.29, 0.717) is 12.2 Å². The Morgan fingerprint density at radius 1 is 1.08 bits per heavy atom. The Balaban J connectivity index is 1.65. The first-order valence-electron chi connectivity index (χ1n) is 7.38. The molecule has 0 spiro atoms. The minimum absolute atomic E-state index is 0.386. The van der Waals surface area contributed by atoms with Gasteiger partial charge < -0.3 is 5.32 Å². The van der Waals surface area contributed by atoms with Gasteiger partial charge in [-0.1, -0.05) is 52.9 Å². The molecule has 0 radical (unpaired) electrons. The lowest BCUT2D eigenvalue weighted by Crippen LogP contribution is -2.14. The van der Waals surface area contributed by atoms with Gasteiger partial charge in [0.25, 0.3) is 0 Å². The molecule has 0 aliphatic rings. The number of nitrogens with one attached hydrogen (secondary N) is 1. The third-order valence-corrected chi connectivity index (χ3v) is 3.40. The van der Waals surface area contributed by atoms with Gasteiger partial charge in [0.2, 0.25) is 5.91 Å². The lowest BCUT2D eigenvalue weighted by molar-refractivity contribution is -0.114. The molecule has 0 aliphatic carbocycles. The molecule has 3 rings (SSSR count). The highest BCUT2D eigenvalue weighted by Gasteiger charge is 2.05. The summed E-state index contributed by atoms with van der Waals surface area (Å²) in [6.45, 7) is 0.187. The van der Waals surface area contributed by atoms with Crippen LogP contribution in [0.4, 0.5) is 5.69 Å². The van der Waals surface area contributed by atoms with Crippen molar-refractivity contribution in [2.24, 2.45) is 5.18 Å². The molecule has 2 aromatic carbocycles. The number of aromatic nitrogens is 3.